The molecule has 0 N–H and O–H groups in total. The Kier molecular flexibility index (Phi) is 4.66. The molecule has 0 spiro atoms. The summed E-state index contributed by atoms with van der Waals surface area (Å²) >= 11 is -5.16. The van der Waals surface area contributed by atoms with E-state index < -0.39 is 20.0 Å². The van der Waals surface area contributed by atoms with Crippen LogP contribution in [0.15, 0.2) is 70.9 Å². The van der Waals surface area contributed by atoms with E-state index in [9.17, 15) is 0 Å². The van der Waals surface area contributed by atoms with Crippen molar-refractivity contribution in [3.8, 4) is 0 Å². The van der Waals surface area contributed by atoms with Gasteiger partial charge in [-0.15, -0.1) is 0 Å². The fourth-order valence-electron chi connectivity index (χ4n) is 6.55. The molecule has 3 aliphatic rings. The first kappa shape index (κ1) is 20.8. The Bertz CT molecular complexity index is 785. The van der Waals surface area contributed by atoms with Crippen molar-refractivity contribution in [3.05, 3.63) is 70.9 Å². The number of allylic oxidation sites excluding steroid dienone is 12. The predicted octanol–water partition coefficient (Wildman–Crippen LogP) is 8.20. The first-order valence-corrected chi connectivity index (χ1v) is 27.3. The zero-order valence-corrected chi connectivity index (χ0v) is 22.2. The summed E-state index contributed by atoms with van der Waals surface area (Å²) in [5.41, 5.74) is 5.57. The van der Waals surface area contributed by atoms with E-state index in [4.69, 9.17) is 17.0 Å². The Labute approximate surface area is 164 Å². The fraction of sp³-hybridized carbons (Fsp3) is 0.455. The van der Waals surface area contributed by atoms with Crippen molar-refractivity contribution in [2.75, 3.05) is 0 Å². The van der Waals surface area contributed by atoms with Gasteiger partial charge in [-0.3, -0.25) is 0 Å². The second-order valence-electron chi connectivity index (χ2n) is 9.22. The number of hydrogen-bond donors (Lipinski definition) is 0. The molecule has 0 aliphatic heterocycles. The van der Waals surface area contributed by atoms with Gasteiger partial charge in [-0.2, -0.15) is 0 Å². The third kappa shape index (κ3) is 1.87. The summed E-state index contributed by atoms with van der Waals surface area (Å²) in [6.07, 6.45) is 17.8. The van der Waals surface area contributed by atoms with E-state index in [2.05, 4.69) is 96.3 Å². The van der Waals surface area contributed by atoms with Gasteiger partial charge >= 0.3 is 166 Å². The third-order valence-electron chi connectivity index (χ3n) is 8.93. The number of rotatable bonds is 4. The molecule has 0 heterocycles. The van der Waals surface area contributed by atoms with Gasteiger partial charge < -0.3 is 0 Å². The van der Waals surface area contributed by atoms with Crippen LogP contribution in [0.3, 0.4) is 0 Å². The van der Waals surface area contributed by atoms with Crippen LogP contribution in [0.5, 0.6) is 0 Å². The van der Waals surface area contributed by atoms with Crippen molar-refractivity contribution in [2.24, 2.45) is 0 Å². The average molecular weight is 487 g/mol. The molecule has 0 saturated heterocycles. The van der Waals surface area contributed by atoms with Crippen molar-refractivity contribution in [3.63, 3.8) is 0 Å². The van der Waals surface area contributed by atoms with E-state index in [1.54, 1.807) is 0 Å². The van der Waals surface area contributed by atoms with Crippen LogP contribution in [-0.4, -0.2) is 5.92 Å². The molecule has 0 unspecified atom stereocenters. The van der Waals surface area contributed by atoms with Crippen LogP contribution in [0.2, 0.25) is 23.5 Å². The van der Waals surface area contributed by atoms with Crippen LogP contribution in [0.25, 0.3) is 0 Å². The van der Waals surface area contributed by atoms with Gasteiger partial charge in [0.15, 0.2) is 0 Å². The van der Waals surface area contributed by atoms with Gasteiger partial charge in [0.1, 0.15) is 0 Å². The normalized spacial score (nSPS) is 25.9. The summed E-state index contributed by atoms with van der Waals surface area (Å²) in [6.45, 7) is 16.3. The molecule has 0 aromatic heterocycles. The standard InChI is InChI=1S/C10H15.2C5H5.C2H7Si.2ClH.Zr/c1-6-7(2)9(4)10(5)8(6)3;2*1-2-4-5-3-1;1-3-2;;;/h1-5H3;2*1-5H;3H,1-2H3;2*1H;/q;;;;;;+2/p-2. The molecular weight excluding hydrogens is 454 g/mol. The zero-order valence-electron chi connectivity index (χ0n) is 17.1. The Morgan fingerprint density at radius 1 is 0.769 bits per heavy atom. The van der Waals surface area contributed by atoms with Crippen molar-refractivity contribution < 1.29 is 14.1 Å². The summed E-state index contributed by atoms with van der Waals surface area (Å²) in [6, 6.07) is 0. The quantitative estimate of drug-likeness (QED) is 0.351. The summed E-state index contributed by atoms with van der Waals surface area (Å²) < 4.78 is 0.0426. The fourth-order valence-corrected chi connectivity index (χ4v) is 56.6. The van der Waals surface area contributed by atoms with E-state index in [0.29, 0.717) is 0 Å². The van der Waals surface area contributed by atoms with E-state index in [-0.39, 0.29) is 10.4 Å². The zero-order chi connectivity index (χ0) is 19.6. The number of hydrogen-bond acceptors (Lipinski definition) is 0. The van der Waals surface area contributed by atoms with Crippen LogP contribution in [0, 0.1) is 0 Å². The molecule has 3 aliphatic carbocycles. The molecule has 0 amide bonds. The van der Waals surface area contributed by atoms with Crippen molar-refractivity contribution in [1.82, 2.24) is 0 Å². The van der Waals surface area contributed by atoms with Crippen molar-refractivity contribution >= 4 is 22.9 Å². The van der Waals surface area contributed by atoms with E-state index >= 15 is 0 Å². The predicted molar refractivity (Wildman–Crippen MR) is 120 cm³/mol. The van der Waals surface area contributed by atoms with Gasteiger partial charge in [-0.1, -0.05) is 0 Å². The molecule has 0 atom stereocenters. The van der Waals surface area contributed by atoms with E-state index in [0.717, 1.165) is 0 Å². The van der Waals surface area contributed by atoms with Crippen LogP contribution in [0.1, 0.15) is 34.6 Å². The minimum atomic E-state index is -5.16. The molecule has 142 valence electrons. The van der Waals surface area contributed by atoms with Crippen molar-refractivity contribution in [1.29, 1.82) is 0 Å². The molecule has 0 aromatic carbocycles. The summed E-state index contributed by atoms with van der Waals surface area (Å²) in [4.78, 5) is 0. The van der Waals surface area contributed by atoms with Crippen LogP contribution >= 0.6 is 17.0 Å². The SMILES string of the molecule is CC1=C(C)[C](C)([Zr]([Cl])([Cl])([CH]2C=CC=C2)([CH]2C=CC=C2)[SiH](C)C)C(C)=C1C. The Morgan fingerprint density at radius 2 is 1.08 bits per heavy atom. The monoisotopic (exact) mass is 484 g/mol. The first-order valence-electron chi connectivity index (χ1n) is 9.73. The topological polar surface area (TPSA) is 0 Å². The summed E-state index contributed by atoms with van der Waals surface area (Å²) in [7, 11) is 16.8. The van der Waals surface area contributed by atoms with Crippen LogP contribution in [0.4, 0.5) is 0 Å². The maximum absolute atomic E-state index is 8.42. The average Bonchev–Trinajstić information content (AvgIpc) is 3.34. The molecule has 0 nitrogen and oxygen atoms in total. The molecule has 0 fully saturated rings. The molecule has 26 heavy (non-hydrogen) atoms. The molecule has 0 aromatic rings. The molecule has 0 radical (unpaired) electrons. The summed E-state index contributed by atoms with van der Waals surface area (Å²) in [5, 5.41) is 0. The van der Waals surface area contributed by atoms with Crippen LogP contribution in [-0.2, 0) is 14.1 Å². The van der Waals surface area contributed by atoms with Gasteiger partial charge in [0.25, 0.3) is 0 Å². The summed E-state index contributed by atoms with van der Waals surface area (Å²) in [5.74, 6) is -1.55. The third-order valence-corrected chi connectivity index (χ3v) is 83.9. The van der Waals surface area contributed by atoms with E-state index in [1.165, 1.54) is 22.3 Å². The first-order chi connectivity index (χ1) is 11.9. The molecule has 3 rings (SSSR count). The number of halogens is 2. The van der Waals surface area contributed by atoms with Gasteiger partial charge in [0.05, 0.1) is 0 Å². The Morgan fingerprint density at radius 3 is 1.35 bits per heavy atom. The van der Waals surface area contributed by atoms with Gasteiger partial charge in [0, 0.05) is 0 Å². The molecular formula is C22H32Cl2SiZr. The van der Waals surface area contributed by atoms with Gasteiger partial charge in [-0.05, 0) is 0 Å². The van der Waals surface area contributed by atoms with Gasteiger partial charge in [0.2, 0.25) is 0 Å². The second kappa shape index (κ2) is 5.82. The van der Waals surface area contributed by atoms with Gasteiger partial charge in [-0.25, -0.2) is 0 Å². The van der Waals surface area contributed by atoms with Crippen LogP contribution < -0.4 is 0 Å². The van der Waals surface area contributed by atoms with Crippen molar-refractivity contribution in [2.45, 2.75) is 58.1 Å². The van der Waals surface area contributed by atoms with E-state index in [1.807, 2.05) is 0 Å². The maximum atomic E-state index is 8.42. The Hall–Kier alpha value is 0.120. The molecule has 0 saturated carbocycles. The Balaban J connectivity index is 2.57. The minimum absolute atomic E-state index is 0.150. The molecule has 4 heteroatoms. The molecule has 0 bridgehead atoms. The second-order valence-corrected chi connectivity index (χ2v) is 61.6.